The summed E-state index contributed by atoms with van der Waals surface area (Å²) in [6, 6.07) is 0. The van der Waals surface area contributed by atoms with Crippen molar-refractivity contribution in [1.29, 1.82) is 0 Å². The van der Waals surface area contributed by atoms with Crippen molar-refractivity contribution < 1.29 is 9.84 Å². The lowest BCUT2D eigenvalue weighted by molar-refractivity contribution is -0.0625. The number of likely N-dealkylation sites (tertiary alicyclic amines) is 1. The maximum absolute atomic E-state index is 10.7. The van der Waals surface area contributed by atoms with Gasteiger partial charge in [0, 0.05) is 18.1 Å². The van der Waals surface area contributed by atoms with Gasteiger partial charge in [0.05, 0.1) is 12.7 Å². The molecule has 3 unspecified atom stereocenters. The molecule has 1 N–H and O–H groups in total. The van der Waals surface area contributed by atoms with Gasteiger partial charge < -0.3 is 9.84 Å². The minimum Gasteiger partial charge on any atom is -0.391 e. The van der Waals surface area contributed by atoms with E-state index in [1.165, 1.54) is 19.3 Å². The van der Waals surface area contributed by atoms with E-state index in [-0.39, 0.29) is 11.6 Å². The highest BCUT2D eigenvalue weighted by molar-refractivity contribution is 4.96. The molecule has 2 rings (SSSR count). The second kappa shape index (κ2) is 5.68. The van der Waals surface area contributed by atoms with Crippen LogP contribution in [0.4, 0.5) is 0 Å². The zero-order valence-electron chi connectivity index (χ0n) is 11.3. The van der Waals surface area contributed by atoms with Gasteiger partial charge in [0.25, 0.3) is 0 Å². The van der Waals surface area contributed by atoms with E-state index >= 15 is 0 Å². The molecule has 2 aliphatic heterocycles. The SMILES string of the molecule is CCC(C)(C(O)C1CCOC1)N1CCCCC1. The largest absolute Gasteiger partial charge is 0.391 e. The number of piperidine rings is 1. The summed E-state index contributed by atoms with van der Waals surface area (Å²) in [5.74, 6) is 0.335. The van der Waals surface area contributed by atoms with E-state index in [2.05, 4.69) is 18.7 Å². The van der Waals surface area contributed by atoms with Gasteiger partial charge in [0.15, 0.2) is 0 Å². The number of aliphatic hydroxyl groups is 1. The van der Waals surface area contributed by atoms with Gasteiger partial charge in [-0.2, -0.15) is 0 Å². The molecule has 0 aromatic carbocycles. The van der Waals surface area contributed by atoms with Crippen LogP contribution < -0.4 is 0 Å². The standard InChI is InChI=1S/C14H27NO2/c1-3-14(2,15-8-5-4-6-9-15)13(16)12-7-10-17-11-12/h12-13,16H,3-11H2,1-2H3. The summed E-state index contributed by atoms with van der Waals surface area (Å²) in [5, 5.41) is 10.7. The molecule has 0 aliphatic carbocycles. The third-order valence-electron chi connectivity index (χ3n) is 4.84. The van der Waals surface area contributed by atoms with Crippen molar-refractivity contribution >= 4 is 0 Å². The van der Waals surface area contributed by atoms with E-state index in [1.807, 2.05) is 0 Å². The van der Waals surface area contributed by atoms with Crippen molar-refractivity contribution in [2.24, 2.45) is 5.92 Å². The lowest BCUT2D eigenvalue weighted by Crippen LogP contribution is -2.58. The summed E-state index contributed by atoms with van der Waals surface area (Å²) in [5.41, 5.74) is -0.0568. The number of hydrogen-bond donors (Lipinski definition) is 1. The molecular weight excluding hydrogens is 214 g/mol. The minimum atomic E-state index is -0.243. The highest BCUT2D eigenvalue weighted by Crippen LogP contribution is 2.33. The summed E-state index contributed by atoms with van der Waals surface area (Å²) in [7, 11) is 0. The molecule has 0 aromatic heterocycles. The van der Waals surface area contributed by atoms with Gasteiger partial charge in [-0.05, 0) is 45.7 Å². The summed E-state index contributed by atoms with van der Waals surface area (Å²) < 4.78 is 5.43. The number of aliphatic hydroxyl groups excluding tert-OH is 1. The van der Waals surface area contributed by atoms with Crippen LogP contribution in [0.1, 0.15) is 46.0 Å². The molecule has 0 spiro atoms. The fraction of sp³-hybridized carbons (Fsp3) is 1.00. The van der Waals surface area contributed by atoms with Crippen LogP contribution in [-0.4, -0.2) is 48.0 Å². The van der Waals surface area contributed by atoms with Crippen LogP contribution in [0.25, 0.3) is 0 Å². The Balaban J connectivity index is 2.05. The van der Waals surface area contributed by atoms with Crippen LogP contribution in [0.2, 0.25) is 0 Å². The van der Waals surface area contributed by atoms with E-state index in [0.29, 0.717) is 5.92 Å². The Morgan fingerprint density at radius 2 is 2.06 bits per heavy atom. The molecule has 2 heterocycles. The molecule has 3 atom stereocenters. The molecule has 0 bridgehead atoms. The average molecular weight is 241 g/mol. The van der Waals surface area contributed by atoms with Gasteiger partial charge in [0.2, 0.25) is 0 Å². The Labute approximate surface area is 105 Å². The second-order valence-electron chi connectivity index (χ2n) is 5.83. The van der Waals surface area contributed by atoms with Gasteiger partial charge in [0.1, 0.15) is 0 Å². The first-order valence-electron chi connectivity index (χ1n) is 7.19. The van der Waals surface area contributed by atoms with Gasteiger partial charge in [-0.1, -0.05) is 13.3 Å². The van der Waals surface area contributed by atoms with E-state index in [0.717, 1.165) is 39.1 Å². The Morgan fingerprint density at radius 1 is 1.35 bits per heavy atom. The zero-order valence-corrected chi connectivity index (χ0v) is 11.3. The van der Waals surface area contributed by atoms with Crippen LogP contribution in [0.3, 0.4) is 0 Å². The van der Waals surface area contributed by atoms with E-state index < -0.39 is 0 Å². The van der Waals surface area contributed by atoms with Gasteiger partial charge in [-0.15, -0.1) is 0 Å². The third-order valence-corrected chi connectivity index (χ3v) is 4.84. The molecule has 17 heavy (non-hydrogen) atoms. The first-order chi connectivity index (χ1) is 8.18. The molecule has 0 amide bonds. The van der Waals surface area contributed by atoms with Crippen LogP contribution in [0, 0.1) is 5.92 Å². The molecule has 0 saturated carbocycles. The number of rotatable bonds is 4. The molecule has 0 aromatic rings. The zero-order chi connectivity index (χ0) is 12.3. The topological polar surface area (TPSA) is 32.7 Å². The van der Waals surface area contributed by atoms with E-state index in [1.54, 1.807) is 0 Å². The number of nitrogens with zero attached hydrogens (tertiary/aromatic N) is 1. The van der Waals surface area contributed by atoms with Crippen molar-refractivity contribution in [2.75, 3.05) is 26.3 Å². The second-order valence-corrected chi connectivity index (χ2v) is 5.83. The lowest BCUT2D eigenvalue weighted by Gasteiger charge is -2.47. The monoisotopic (exact) mass is 241 g/mol. The van der Waals surface area contributed by atoms with Crippen molar-refractivity contribution in [2.45, 2.75) is 57.6 Å². The molecule has 100 valence electrons. The minimum absolute atomic E-state index is 0.0568. The van der Waals surface area contributed by atoms with Crippen molar-refractivity contribution in [1.82, 2.24) is 4.90 Å². The Bertz CT molecular complexity index is 234. The summed E-state index contributed by atoms with van der Waals surface area (Å²) in [6.07, 6.45) is 5.70. The molecular formula is C14H27NO2. The number of hydrogen-bond acceptors (Lipinski definition) is 3. The van der Waals surface area contributed by atoms with Crippen LogP contribution in [0.5, 0.6) is 0 Å². The smallest absolute Gasteiger partial charge is 0.0771 e. The molecule has 0 radical (unpaired) electrons. The lowest BCUT2D eigenvalue weighted by atomic mass is 9.80. The van der Waals surface area contributed by atoms with Crippen molar-refractivity contribution in [3.05, 3.63) is 0 Å². The number of ether oxygens (including phenoxy) is 1. The summed E-state index contributed by atoms with van der Waals surface area (Å²) in [6.45, 7) is 8.30. The van der Waals surface area contributed by atoms with Crippen molar-refractivity contribution in [3.8, 4) is 0 Å². The fourth-order valence-corrected chi connectivity index (χ4v) is 3.33. The Hall–Kier alpha value is -0.120. The normalized spacial score (nSPS) is 32.3. The van der Waals surface area contributed by atoms with Crippen LogP contribution in [-0.2, 0) is 4.74 Å². The van der Waals surface area contributed by atoms with Gasteiger partial charge >= 0.3 is 0 Å². The van der Waals surface area contributed by atoms with Crippen molar-refractivity contribution in [3.63, 3.8) is 0 Å². The Morgan fingerprint density at radius 3 is 2.59 bits per heavy atom. The first kappa shape index (κ1) is 13.3. The Kier molecular flexibility index (Phi) is 4.45. The predicted octanol–water partition coefficient (Wildman–Crippen LogP) is 2.04. The van der Waals surface area contributed by atoms with Gasteiger partial charge in [-0.25, -0.2) is 0 Å². The molecule has 2 aliphatic rings. The first-order valence-corrected chi connectivity index (χ1v) is 7.19. The fourth-order valence-electron chi connectivity index (χ4n) is 3.33. The summed E-state index contributed by atoms with van der Waals surface area (Å²) >= 11 is 0. The summed E-state index contributed by atoms with van der Waals surface area (Å²) in [4.78, 5) is 2.51. The van der Waals surface area contributed by atoms with Gasteiger partial charge in [-0.3, -0.25) is 4.90 Å². The molecule has 3 heteroatoms. The quantitative estimate of drug-likeness (QED) is 0.817. The molecule has 3 nitrogen and oxygen atoms in total. The predicted molar refractivity (Wildman–Crippen MR) is 69.1 cm³/mol. The molecule has 2 fully saturated rings. The maximum atomic E-state index is 10.7. The highest BCUT2D eigenvalue weighted by Gasteiger charge is 2.42. The third kappa shape index (κ3) is 2.67. The molecule has 2 saturated heterocycles. The van der Waals surface area contributed by atoms with E-state index in [9.17, 15) is 5.11 Å². The maximum Gasteiger partial charge on any atom is 0.0771 e. The highest BCUT2D eigenvalue weighted by atomic mass is 16.5. The van der Waals surface area contributed by atoms with E-state index in [4.69, 9.17) is 4.74 Å². The average Bonchev–Trinajstić information content (AvgIpc) is 2.92. The van der Waals surface area contributed by atoms with Crippen LogP contribution >= 0.6 is 0 Å². The van der Waals surface area contributed by atoms with Crippen LogP contribution in [0.15, 0.2) is 0 Å².